The molecule has 104 valence electrons. The molecule has 3 N–H and O–H groups in total. The van der Waals surface area contributed by atoms with Gasteiger partial charge in [-0.3, -0.25) is 0 Å². The molecule has 4 nitrogen and oxygen atoms in total. The van der Waals surface area contributed by atoms with E-state index < -0.39 is 0 Å². The first-order chi connectivity index (χ1) is 9.74. The smallest absolute Gasteiger partial charge is 0.193 e. The van der Waals surface area contributed by atoms with Gasteiger partial charge in [0, 0.05) is 5.69 Å². The van der Waals surface area contributed by atoms with E-state index >= 15 is 0 Å². The van der Waals surface area contributed by atoms with Crippen molar-refractivity contribution in [3.63, 3.8) is 0 Å². The zero-order chi connectivity index (χ0) is 14.2. The summed E-state index contributed by atoms with van der Waals surface area (Å²) in [6.45, 7) is 2.47. The van der Waals surface area contributed by atoms with Crippen LogP contribution in [0.5, 0.6) is 5.75 Å². The van der Waals surface area contributed by atoms with Crippen LogP contribution >= 0.6 is 0 Å². The van der Waals surface area contributed by atoms with Crippen LogP contribution in [0.4, 0.5) is 5.69 Å². The van der Waals surface area contributed by atoms with Crippen molar-refractivity contribution in [2.75, 3.05) is 11.9 Å². The number of guanidine groups is 1. The highest BCUT2D eigenvalue weighted by Gasteiger charge is 2.03. The molecule has 0 amide bonds. The topological polar surface area (TPSA) is 59.6 Å². The minimum Gasteiger partial charge on any atom is -0.489 e. The lowest BCUT2D eigenvalue weighted by atomic mass is 10.3. The number of nitrogens with zero attached hydrogens (tertiary/aromatic N) is 1. The Morgan fingerprint density at radius 1 is 1.10 bits per heavy atom. The molecule has 0 saturated heterocycles. The molecule has 4 heteroatoms. The molecule has 0 aliphatic carbocycles. The Labute approximate surface area is 119 Å². The fourth-order valence-corrected chi connectivity index (χ4v) is 1.70. The Kier molecular flexibility index (Phi) is 5.00. The van der Waals surface area contributed by atoms with Gasteiger partial charge in [0.25, 0.3) is 0 Å². The third-order valence-corrected chi connectivity index (χ3v) is 2.65. The van der Waals surface area contributed by atoms with Crippen LogP contribution in [0, 0.1) is 0 Å². The fraction of sp³-hybridized carbons (Fsp3) is 0.188. The summed E-state index contributed by atoms with van der Waals surface area (Å²) in [6, 6.07) is 19.4. The number of anilines is 1. The minimum absolute atomic E-state index is 0.0338. The SMILES string of the molecule is CC(CN=C(N)Nc1ccccc1)Oc1ccccc1. The molecule has 2 aromatic carbocycles. The van der Waals surface area contributed by atoms with Crippen molar-refractivity contribution in [2.45, 2.75) is 13.0 Å². The molecule has 0 heterocycles. The summed E-state index contributed by atoms with van der Waals surface area (Å²) >= 11 is 0. The van der Waals surface area contributed by atoms with Crippen LogP contribution in [0.3, 0.4) is 0 Å². The normalized spacial score (nSPS) is 12.8. The number of benzene rings is 2. The minimum atomic E-state index is -0.0338. The third kappa shape index (κ3) is 4.65. The Balaban J connectivity index is 1.82. The van der Waals surface area contributed by atoms with Crippen molar-refractivity contribution in [1.82, 2.24) is 0 Å². The van der Waals surface area contributed by atoms with Crippen molar-refractivity contribution in [2.24, 2.45) is 10.7 Å². The summed E-state index contributed by atoms with van der Waals surface area (Å²) in [7, 11) is 0. The highest BCUT2D eigenvalue weighted by molar-refractivity contribution is 5.92. The van der Waals surface area contributed by atoms with Crippen LogP contribution in [0.25, 0.3) is 0 Å². The molecule has 0 fully saturated rings. The zero-order valence-corrected chi connectivity index (χ0v) is 11.5. The van der Waals surface area contributed by atoms with Crippen LogP contribution in [0.1, 0.15) is 6.92 Å². The number of aliphatic imine (C=N–C) groups is 1. The molecule has 0 bridgehead atoms. The van der Waals surface area contributed by atoms with E-state index in [9.17, 15) is 0 Å². The summed E-state index contributed by atoms with van der Waals surface area (Å²) in [4.78, 5) is 4.27. The third-order valence-electron chi connectivity index (χ3n) is 2.65. The lowest BCUT2D eigenvalue weighted by Crippen LogP contribution is -2.25. The Bertz CT molecular complexity index is 540. The van der Waals surface area contributed by atoms with Gasteiger partial charge in [-0.05, 0) is 31.2 Å². The van der Waals surface area contributed by atoms with Gasteiger partial charge in [0.1, 0.15) is 11.9 Å². The van der Waals surface area contributed by atoms with E-state index in [4.69, 9.17) is 10.5 Å². The van der Waals surface area contributed by atoms with E-state index in [0.29, 0.717) is 12.5 Å². The van der Waals surface area contributed by atoms with Gasteiger partial charge < -0.3 is 15.8 Å². The second-order valence-electron chi connectivity index (χ2n) is 4.46. The van der Waals surface area contributed by atoms with Gasteiger partial charge >= 0.3 is 0 Å². The maximum atomic E-state index is 5.83. The summed E-state index contributed by atoms with van der Waals surface area (Å²) in [5, 5.41) is 3.03. The second-order valence-corrected chi connectivity index (χ2v) is 4.46. The highest BCUT2D eigenvalue weighted by Crippen LogP contribution is 2.10. The predicted octanol–water partition coefficient (Wildman–Crippen LogP) is 2.88. The van der Waals surface area contributed by atoms with Gasteiger partial charge in [0.05, 0.1) is 6.54 Å². The summed E-state index contributed by atoms with van der Waals surface area (Å²) in [5.74, 6) is 1.23. The molecule has 0 spiro atoms. The van der Waals surface area contributed by atoms with Crippen LogP contribution in [-0.2, 0) is 0 Å². The van der Waals surface area contributed by atoms with Crippen LogP contribution in [-0.4, -0.2) is 18.6 Å². The van der Waals surface area contributed by atoms with Crippen LogP contribution < -0.4 is 15.8 Å². The lowest BCUT2D eigenvalue weighted by molar-refractivity contribution is 0.230. The molecular weight excluding hydrogens is 250 g/mol. The molecule has 0 aliphatic rings. The molecule has 1 unspecified atom stereocenters. The van der Waals surface area contributed by atoms with Crippen LogP contribution in [0.2, 0.25) is 0 Å². The van der Waals surface area contributed by atoms with E-state index in [-0.39, 0.29) is 6.10 Å². The molecule has 0 radical (unpaired) electrons. The Morgan fingerprint density at radius 3 is 2.35 bits per heavy atom. The first-order valence-electron chi connectivity index (χ1n) is 6.58. The number of nitrogens with two attached hydrogens (primary N) is 1. The van der Waals surface area contributed by atoms with Gasteiger partial charge in [-0.2, -0.15) is 0 Å². The number of hydrogen-bond donors (Lipinski definition) is 2. The van der Waals surface area contributed by atoms with Crippen molar-refractivity contribution >= 4 is 11.6 Å². The summed E-state index contributed by atoms with van der Waals surface area (Å²) < 4.78 is 5.72. The monoisotopic (exact) mass is 269 g/mol. The van der Waals surface area contributed by atoms with Gasteiger partial charge in [0.2, 0.25) is 0 Å². The first-order valence-corrected chi connectivity index (χ1v) is 6.58. The van der Waals surface area contributed by atoms with Crippen LogP contribution in [0.15, 0.2) is 65.7 Å². The average molecular weight is 269 g/mol. The predicted molar refractivity (Wildman–Crippen MR) is 83.1 cm³/mol. The largest absolute Gasteiger partial charge is 0.489 e. The molecule has 1 atom stereocenters. The van der Waals surface area contributed by atoms with Gasteiger partial charge in [-0.25, -0.2) is 4.99 Å². The molecule has 0 aliphatic heterocycles. The van der Waals surface area contributed by atoms with Crippen molar-refractivity contribution in [3.05, 3.63) is 60.7 Å². The molecule has 0 saturated carbocycles. The van der Waals surface area contributed by atoms with E-state index in [1.165, 1.54) is 0 Å². The van der Waals surface area contributed by atoms with E-state index in [1.807, 2.05) is 67.6 Å². The van der Waals surface area contributed by atoms with E-state index in [2.05, 4.69) is 10.3 Å². The standard InChI is InChI=1S/C16H19N3O/c1-13(20-15-10-6-3-7-11-15)12-18-16(17)19-14-8-4-2-5-9-14/h2-11,13H,12H2,1H3,(H3,17,18,19). The molecule has 2 aromatic rings. The Morgan fingerprint density at radius 2 is 1.70 bits per heavy atom. The van der Waals surface area contributed by atoms with E-state index in [1.54, 1.807) is 0 Å². The van der Waals surface area contributed by atoms with Crippen molar-refractivity contribution in [3.8, 4) is 5.75 Å². The highest BCUT2D eigenvalue weighted by atomic mass is 16.5. The number of hydrogen-bond acceptors (Lipinski definition) is 2. The fourth-order valence-electron chi connectivity index (χ4n) is 1.70. The van der Waals surface area contributed by atoms with Gasteiger partial charge in [-0.15, -0.1) is 0 Å². The number of nitrogens with one attached hydrogen (secondary N) is 1. The molecule has 0 aromatic heterocycles. The summed E-state index contributed by atoms with van der Waals surface area (Å²) in [5.41, 5.74) is 6.75. The number of para-hydroxylation sites is 2. The molecule has 20 heavy (non-hydrogen) atoms. The Hall–Kier alpha value is -2.49. The molecule has 2 rings (SSSR count). The number of ether oxygens (including phenoxy) is 1. The molecular formula is C16H19N3O. The summed E-state index contributed by atoms with van der Waals surface area (Å²) in [6.07, 6.45) is -0.0338. The van der Waals surface area contributed by atoms with Gasteiger partial charge in [-0.1, -0.05) is 36.4 Å². The lowest BCUT2D eigenvalue weighted by Gasteiger charge is -2.13. The average Bonchev–Trinajstić information content (AvgIpc) is 2.47. The van der Waals surface area contributed by atoms with Gasteiger partial charge in [0.15, 0.2) is 5.96 Å². The van der Waals surface area contributed by atoms with E-state index in [0.717, 1.165) is 11.4 Å². The first kappa shape index (κ1) is 13.9. The van der Waals surface area contributed by atoms with Crippen molar-refractivity contribution < 1.29 is 4.74 Å². The maximum absolute atomic E-state index is 5.83. The maximum Gasteiger partial charge on any atom is 0.193 e. The second kappa shape index (κ2) is 7.19. The quantitative estimate of drug-likeness (QED) is 0.648. The van der Waals surface area contributed by atoms with Crippen molar-refractivity contribution in [1.29, 1.82) is 0 Å². The number of rotatable bonds is 5. The zero-order valence-electron chi connectivity index (χ0n) is 11.5.